The minimum atomic E-state index is -2.39. The van der Waals surface area contributed by atoms with E-state index in [2.05, 4.69) is 26.6 Å². The normalized spacial score (nSPS) is 22.5. The predicted octanol–water partition coefficient (Wildman–Crippen LogP) is 1.08. The second-order valence-electron chi connectivity index (χ2n) is 17.5. The molecule has 372 valence electrons. The number of fused-ring (bicyclic) bond motifs is 3. The minimum Gasteiger partial charge on any atom is -0.507 e. The quantitative estimate of drug-likeness (QED) is 0.0491. The number of amides is 5. The fourth-order valence-corrected chi connectivity index (χ4v) is 8.93. The van der Waals surface area contributed by atoms with Gasteiger partial charge in [-0.1, -0.05) is 38.1 Å². The molecule has 22 nitrogen and oxygen atoms in total. The number of carbonyl (C=O) groups excluding carboxylic acids is 7. The number of nitrogens with one attached hydrogen (secondary N) is 5. The Hall–Kier alpha value is -6.69. The minimum absolute atomic E-state index is 0.0341. The van der Waals surface area contributed by atoms with Gasteiger partial charge in [-0.05, 0) is 56.5 Å². The highest BCUT2D eigenvalue weighted by Gasteiger charge is 2.50. The van der Waals surface area contributed by atoms with Gasteiger partial charge in [0.2, 0.25) is 17.6 Å². The van der Waals surface area contributed by atoms with Crippen LogP contribution in [0.15, 0.2) is 42.5 Å². The number of ketones is 3. The van der Waals surface area contributed by atoms with Crippen molar-refractivity contribution in [3.8, 4) is 17.2 Å². The van der Waals surface area contributed by atoms with E-state index in [1.165, 1.54) is 32.2 Å². The molecular weight excluding hydrogens is 905 g/mol. The first-order chi connectivity index (χ1) is 32.7. The van der Waals surface area contributed by atoms with E-state index in [1.807, 2.05) is 13.8 Å². The number of primary amides is 1. The lowest BCUT2D eigenvalue weighted by atomic mass is 9.72. The van der Waals surface area contributed by atoms with Crippen molar-refractivity contribution in [3.05, 3.63) is 81.4 Å². The van der Waals surface area contributed by atoms with Gasteiger partial charge in [-0.3, -0.25) is 24.0 Å². The Labute approximate surface area is 396 Å². The maximum Gasteiger partial charge on any atom is 0.407 e. The molecular formula is C47H58N6O16. The number of hydrogen-bond acceptors (Lipinski definition) is 17. The summed E-state index contributed by atoms with van der Waals surface area (Å²) in [4.78, 5) is 91.5. The highest BCUT2D eigenvalue weighted by Crippen LogP contribution is 2.52. The molecule has 1 fully saturated rings. The molecule has 0 aromatic heterocycles. The first kappa shape index (κ1) is 51.7. The Kier molecular flexibility index (Phi) is 16.3. The van der Waals surface area contributed by atoms with Gasteiger partial charge in [-0.15, -0.1) is 0 Å². The summed E-state index contributed by atoms with van der Waals surface area (Å²) < 4.78 is 22.9. The van der Waals surface area contributed by atoms with Crippen LogP contribution < -0.4 is 37.1 Å². The summed E-state index contributed by atoms with van der Waals surface area (Å²) in [5.74, 6) is -5.23. The Morgan fingerprint density at radius 2 is 1.67 bits per heavy atom. The van der Waals surface area contributed by atoms with E-state index in [0.717, 1.165) is 0 Å². The highest BCUT2D eigenvalue weighted by molar-refractivity contribution is 6.31. The summed E-state index contributed by atoms with van der Waals surface area (Å²) in [6.45, 7) is 4.03. The highest BCUT2D eigenvalue weighted by atomic mass is 16.7. The number of aromatic hydroxyl groups is 2. The molecule has 0 spiro atoms. The maximum absolute atomic E-state index is 14.0. The first-order valence-corrected chi connectivity index (χ1v) is 22.3. The zero-order valence-electron chi connectivity index (χ0n) is 38.6. The van der Waals surface area contributed by atoms with Crippen molar-refractivity contribution >= 4 is 47.0 Å². The van der Waals surface area contributed by atoms with Crippen LogP contribution in [0.1, 0.15) is 101 Å². The number of alkyl carbamates (subject to hydrolysis) is 1. The van der Waals surface area contributed by atoms with Gasteiger partial charge in [0.05, 0.1) is 48.1 Å². The fraction of sp³-hybridized carbons (Fsp3) is 0.468. The van der Waals surface area contributed by atoms with E-state index in [-0.39, 0.29) is 65.8 Å². The lowest BCUT2D eigenvalue weighted by Crippen LogP contribution is -2.56. The van der Waals surface area contributed by atoms with Crippen molar-refractivity contribution in [1.29, 1.82) is 0 Å². The second kappa shape index (κ2) is 21.7. The number of phenols is 2. The largest absolute Gasteiger partial charge is 0.507 e. The van der Waals surface area contributed by atoms with Crippen molar-refractivity contribution in [2.24, 2.45) is 11.7 Å². The molecule has 1 aliphatic heterocycles. The molecule has 1 heterocycles. The maximum atomic E-state index is 14.0. The molecule has 22 heteroatoms. The van der Waals surface area contributed by atoms with Crippen LogP contribution in [0.5, 0.6) is 17.2 Å². The van der Waals surface area contributed by atoms with Crippen LogP contribution in [0.4, 0.5) is 15.3 Å². The van der Waals surface area contributed by atoms with Gasteiger partial charge >= 0.3 is 12.1 Å². The standard InChI is InChI=1S/C47H58N6O16/c1-21(2)37(49-4)44(62)52-27(9-7-15-50-45(48)63)43(61)51-24-13-11-23(12-14-24)20-67-46(64)53-28-16-32(68-22(3)38(28)56)69-30-18-47(65,31(55)19-54)17-26-34(30)42(60)36-35(40(26)58)39(57)25-8-6-10-29(66-5)33(25)41(36)59/h6,8,10-14,21-22,27-28,30,32,37-38,49,54,56,58,60,65H,7,9,15-20H2,1-5H3,(H,51,61)(H,52,62)(H,53,64)(H3,48,50,63)/t22-,27-,28-,30-,32-,37-,38+,47-/m0/s1. The summed E-state index contributed by atoms with van der Waals surface area (Å²) >= 11 is 0. The number of urea groups is 1. The third-order valence-electron chi connectivity index (χ3n) is 12.5. The molecule has 6 rings (SSSR count). The van der Waals surface area contributed by atoms with Crippen LogP contribution in [0.3, 0.4) is 0 Å². The van der Waals surface area contributed by atoms with E-state index < -0.39 is 126 Å². The zero-order chi connectivity index (χ0) is 50.5. The zero-order valence-corrected chi connectivity index (χ0v) is 38.6. The monoisotopic (exact) mass is 962 g/mol. The van der Waals surface area contributed by atoms with Crippen molar-refractivity contribution in [2.75, 3.05) is 32.6 Å². The topological polar surface area (TPSA) is 344 Å². The van der Waals surface area contributed by atoms with Crippen LogP contribution in [0, 0.1) is 5.92 Å². The molecule has 1 saturated heterocycles. The average molecular weight is 963 g/mol. The van der Waals surface area contributed by atoms with Gasteiger partial charge < -0.3 is 76.8 Å². The first-order valence-electron chi connectivity index (χ1n) is 22.3. The Bertz CT molecular complexity index is 2480. The lowest BCUT2D eigenvalue weighted by molar-refractivity contribution is -0.249. The van der Waals surface area contributed by atoms with E-state index >= 15 is 0 Å². The molecule has 69 heavy (non-hydrogen) atoms. The Morgan fingerprint density at radius 1 is 0.971 bits per heavy atom. The molecule has 0 unspecified atom stereocenters. The number of methoxy groups -OCH3 is 1. The van der Waals surface area contributed by atoms with E-state index in [1.54, 1.807) is 31.3 Å². The van der Waals surface area contributed by atoms with Crippen LogP contribution >= 0.6 is 0 Å². The average Bonchev–Trinajstić information content (AvgIpc) is 3.30. The van der Waals surface area contributed by atoms with Crippen LogP contribution in [-0.2, 0) is 41.6 Å². The number of aliphatic hydroxyl groups excluding tert-OH is 2. The molecule has 2 aliphatic carbocycles. The van der Waals surface area contributed by atoms with Crippen molar-refractivity contribution in [1.82, 2.24) is 21.3 Å². The number of phenolic OH excluding ortho intramolecular Hbond substituents is 2. The van der Waals surface area contributed by atoms with Gasteiger partial charge in [-0.25, -0.2) is 9.59 Å². The van der Waals surface area contributed by atoms with Crippen molar-refractivity contribution in [2.45, 2.75) is 108 Å². The molecule has 0 bridgehead atoms. The number of Topliss-reactive ketones (excluding diaryl/α,β-unsaturated/α-hetero) is 1. The molecule has 8 atom stereocenters. The number of ether oxygens (including phenoxy) is 4. The number of anilines is 1. The van der Waals surface area contributed by atoms with E-state index in [4.69, 9.17) is 24.7 Å². The molecule has 3 aromatic rings. The SMILES string of the molecule is CN[C@H](C(=O)N[C@@H](CCCNC(N)=O)C(=O)Nc1ccc(COC(=O)N[C@H]2C[C@H](O[C@H]3C[C@](O)(C(=O)CO)Cc4c(O)c5c(c(O)c43)C(=O)c3c(OC)cccc3C5=O)O[C@@H](C)[C@H]2O)cc1)C(C)C. The van der Waals surface area contributed by atoms with Gasteiger partial charge in [0.25, 0.3) is 0 Å². The van der Waals surface area contributed by atoms with Crippen molar-refractivity contribution < 1.29 is 78.0 Å². The van der Waals surface area contributed by atoms with Gasteiger partial charge in [0.1, 0.15) is 48.2 Å². The number of benzene rings is 3. The van der Waals surface area contributed by atoms with Gasteiger partial charge in [-0.2, -0.15) is 0 Å². The predicted molar refractivity (Wildman–Crippen MR) is 242 cm³/mol. The molecule has 3 aromatic carbocycles. The lowest BCUT2D eigenvalue weighted by Gasteiger charge is -2.42. The van der Waals surface area contributed by atoms with Gasteiger partial charge in [0, 0.05) is 48.2 Å². The van der Waals surface area contributed by atoms with Crippen LogP contribution in [0.2, 0.25) is 0 Å². The molecule has 3 aliphatic rings. The van der Waals surface area contributed by atoms with E-state index in [9.17, 15) is 59.1 Å². The summed E-state index contributed by atoms with van der Waals surface area (Å²) in [6.07, 6.45) is -7.16. The molecule has 5 amide bonds. The number of likely N-dealkylation sites (N-methyl/N-ethyl adjacent to an activating group) is 1. The summed E-state index contributed by atoms with van der Waals surface area (Å²) in [7, 11) is 2.93. The molecule has 0 saturated carbocycles. The van der Waals surface area contributed by atoms with E-state index in [0.29, 0.717) is 17.7 Å². The van der Waals surface area contributed by atoms with Gasteiger partial charge in [0.15, 0.2) is 17.9 Å². The Balaban J connectivity index is 1.13. The summed E-state index contributed by atoms with van der Waals surface area (Å²) in [5, 5.41) is 69.5. The van der Waals surface area contributed by atoms with Crippen LogP contribution in [-0.4, -0.2) is 136 Å². The third-order valence-corrected chi connectivity index (χ3v) is 12.5. The number of rotatable bonds is 18. The Morgan fingerprint density at radius 3 is 2.30 bits per heavy atom. The number of hydrogen-bond donors (Lipinski definition) is 11. The smallest absolute Gasteiger partial charge is 0.407 e. The number of carbonyl (C=O) groups is 7. The fourth-order valence-electron chi connectivity index (χ4n) is 8.93. The summed E-state index contributed by atoms with van der Waals surface area (Å²) in [6, 6.07) is 7.25. The molecule has 0 radical (unpaired) electrons. The third kappa shape index (κ3) is 11.1. The van der Waals surface area contributed by atoms with Crippen LogP contribution in [0.25, 0.3) is 0 Å². The molecule has 12 N–H and O–H groups in total. The number of nitrogens with two attached hydrogens (primary N) is 1. The number of aliphatic hydroxyl groups is 3. The summed E-state index contributed by atoms with van der Waals surface area (Å²) in [5.41, 5.74) is 1.71. The second-order valence-corrected chi connectivity index (χ2v) is 17.5. The van der Waals surface area contributed by atoms with Crippen molar-refractivity contribution in [3.63, 3.8) is 0 Å².